The molecular weight excluding hydrogens is 342 g/mol. The zero-order valence-electron chi connectivity index (χ0n) is 16.0. The Morgan fingerprint density at radius 2 is 1.21 bits per heavy atom. The molecule has 0 atom stereocenters. The van der Waals surface area contributed by atoms with Crippen LogP contribution >= 0.6 is 0 Å². The number of carbonyl (C=O) groups is 1. The van der Waals surface area contributed by atoms with Crippen LogP contribution in [0, 0.1) is 0 Å². The van der Waals surface area contributed by atoms with E-state index in [1.54, 1.807) is 4.90 Å². The Hall–Kier alpha value is -3.39. The number of benzene rings is 4. The van der Waals surface area contributed by atoms with Gasteiger partial charge in [0.1, 0.15) is 0 Å². The van der Waals surface area contributed by atoms with Crippen molar-refractivity contribution in [1.29, 1.82) is 0 Å². The minimum Gasteiger partial charge on any atom is -0.277 e. The SMILES string of the molecule is CCCc1ccc(C(=O)N(c2ccccc2)c2ccccc2)c2ccccc12. The Bertz CT molecular complexity index is 1050. The summed E-state index contributed by atoms with van der Waals surface area (Å²) in [6.45, 7) is 2.18. The van der Waals surface area contributed by atoms with Crippen molar-refractivity contribution in [3.05, 3.63) is 108 Å². The summed E-state index contributed by atoms with van der Waals surface area (Å²) in [5, 5.41) is 2.17. The highest BCUT2D eigenvalue weighted by Crippen LogP contribution is 2.31. The summed E-state index contributed by atoms with van der Waals surface area (Å²) in [4.78, 5) is 15.5. The van der Waals surface area contributed by atoms with Crippen LogP contribution in [-0.2, 0) is 6.42 Å². The summed E-state index contributed by atoms with van der Waals surface area (Å²) in [5.74, 6) is -0.0170. The van der Waals surface area contributed by atoms with E-state index in [9.17, 15) is 4.79 Å². The van der Waals surface area contributed by atoms with Crippen molar-refractivity contribution in [2.24, 2.45) is 0 Å². The van der Waals surface area contributed by atoms with Gasteiger partial charge in [-0.15, -0.1) is 0 Å². The number of fused-ring (bicyclic) bond motifs is 1. The third-order valence-electron chi connectivity index (χ3n) is 5.00. The molecule has 0 heterocycles. The fourth-order valence-electron chi connectivity index (χ4n) is 3.69. The van der Waals surface area contributed by atoms with Gasteiger partial charge in [0.05, 0.1) is 0 Å². The van der Waals surface area contributed by atoms with Crippen LogP contribution in [0.25, 0.3) is 10.8 Å². The number of para-hydroxylation sites is 2. The largest absolute Gasteiger partial charge is 0.277 e. The quantitative estimate of drug-likeness (QED) is 0.382. The van der Waals surface area contributed by atoms with E-state index in [1.165, 1.54) is 5.56 Å². The van der Waals surface area contributed by atoms with Gasteiger partial charge in [-0.2, -0.15) is 0 Å². The van der Waals surface area contributed by atoms with E-state index in [2.05, 4.69) is 25.1 Å². The van der Waals surface area contributed by atoms with Crippen LogP contribution in [0.4, 0.5) is 11.4 Å². The van der Waals surface area contributed by atoms with Gasteiger partial charge < -0.3 is 0 Å². The number of hydrogen-bond acceptors (Lipinski definition) is 1. The van der Waals surface area contributed by atoms with E-state index in [0.29, 0.717) is 0 Å². The predicted octanol–water partition coefficient (Wildman–Crippen LogP) is 6.77. The summed E-state index contributed by atoms with van der Waals surface area (Å²) in [5.41, 5.74) is 3.74. The molecule has 0 spiro atoms. The lowest BCUT2D eigenvalue weighted by Crippen LogP contribution is -2.26. The molecule has 4 aromatic carbocycles. The highest BCUT2D eigenvalue weighted by atomic mass is 16.2. The van der Waals surface area contributed by atoms with Crippen LogP contribution in [-0.4, -0.2) is 5.91 Å². The van der Waals surface area contributed by atoms with Crippen molar-refractivity contribution >= 4 is 28.1 Å². The monoisotopic (exact) mass is 365 g/mol. The molecule has 28 heavy (non-hydrogen) atoms. The molecule has 0 aromatic heterocycles. The molecule has 1 amide bonds. The van der Waals surface area contributed by atoms with E-state index < -0.39 is 0 Å². The van der Waals surface area contributed by atoms with E-state index in [1.807, 2.05) is 78.9 Å². The van der Waals surface area contributed by atoms with Crippen molar-refractivity contribution in [3.63, 3.8) is 0 Å². The number of amides is 1. The lowest BCUT2D eigenvalue weighted by Gasteiger charge is -2.24. The van der Waals surface area contributed by atoms with Crippen LogP contribution in [0.2, 0.25) is 0 Å². The minimum atomic E-state index is -0.0170. The molecule has 0 aliphatic carbocycles. The van der Waals surface area contributed by atoms with Gasteiger partial charge in [-0.05, 0) is 53.1 Å². The second kappa shape index (κ2) is 8.10. The average molecular weight is 365 g/mol. The molecule has 2 heteroatoms. The Kier molecular flexibility index (Phi) is 5.20. The Balaban J connectivity index is 1.88. The second-order valence-corrected chi connectivity index (χ2v) is 6.88. The van der Waals surface area contributed by atoms with Gasteiger partial charge in [-0.1, -0.05) is 80.1 Å². The molecule has 0 fully saturated rings. The predicted molar refractivity (Wildman–Crippen MR) is 117 cm³/mol. The van der Waals surface area contributed by atoms with Gasteiger partial charge in [-0.25, -0.2) is 0 Å². The third kappa shape index (κ3) is 3.41. The molecule has 138 valence electrons. The number of aryl methyl sites for hydroxylation is 1. The zero-order chi connectivity index (χ0) is 19.3. The molecule has 4 aromatic rings. The molecule has 0 aliphatic heterocycles. The highest BCUT2D eigenvalue weighted by Gasteiger charge is 2.22. The Labute approximate surface area is 166 Å². The van der Waals surface area contributed by atoms with Crippen LogP contribution in [0.3, 0.4) is 0 Å². The number of anilines is 2. The number of hydrogen-bond donors (Lipinski definition) is 0. The first-order chi connectivity index (χ1) is 13.8. The van der Waals surface area contributed by atoms with E-state index >= 15 is 0 Å². The molecule has 0 saturated carbocycles. The molecule has 0 N–H and O–H groups in total. The molecule has 4 rings (SSSR count). The number of nitrogens with zero attached hydrogens (tertiary/aromatic N) is 1. The van der Waals surface area contributed by atoms with Gasteiger partial charge in [0.15, 0.2) is 0 Å². The van der Waals surface area contributed by atoms with Gasteiger partial charge in [0.2, 0.25) is 0 Å². The molecule has 0 unspecified atom stereocenters. The number of carbonyl (C=O) groups excluding carboxylic acids is 1. The van der Waals surface area contributed by atoms with E-state index in [4.69, 9.17) is 0 Å². The van der Waals surface area contributed by atoms with Crippen molar-refractivity contribution in [2.75, 3.05) is 4.90 Å². The van der Waals surface area contributed by atoms with E-state index in [0.717, 1.165) is 40.6 Å². The lowest BCUT2D eigenvalue weighted by atomic mass is 9.96. The van der Waals surface area contributed by atoms with Gasteiger partial charge in [0, 0.05) is 16.9 Å². The molecule has 0 aliphatic rings. The maximum atomic E-state index is 13.8. The van der Waals surface area contributed by atoms with Crippen molar-refractivity contribution in [2.45, 2.75) is 19.8 Å². The van der Waals surface area contributed by atoms with Crippen LogP contribution in [0.15, 0.2) is 97.1 Å². The van der Waals surface area contributed by atoms with Crippen LogP contribution < -0.4 is 4.90 Å². The first kappa shape index (κ1) is 18.0. The topological polar surface area (TPSA) is 20.3 Å². The molecule has 0 bridgehead atoms. The standard InChI is InChI=1S/C26H23NO/c1-2-11-20-18-19-25(24-17-10-9-16-23(20)24)26(28)27(21-12-5-3-6-13-21)22-14-7-4-8-15-22/h3-10,12-19H,2,11H2,1H3. The van der Waals surface area contributed by atoms with Crippen LogP contribution in [0.5, 0.6) is 0 Å². The molecule has 0 saturated heterocycles. The molecule has 2 nitrogen and oxygen atoms in total. The number of rotatable bonds is 5. The first-order valence-corrected chi connectivity index (χ1v) is 9.75. The molecule has 0 radical (unpaired) electrons. The van der Waals surface area contributed by atoms with Crippen molar-refractivity contribution < 1.29 is 4.79 Å². The van der Waals surface area contributed by atoms with Crippen molar-refractivity contribution in [1.82, 2.24) is 0 Å². The summed E-state index contributed by atoms with van der Waals surface area (Å²) < 4.78 is 0. The minimum absolute atomic E-state index is 0.0170. The highest BCUT2D eigenvalue weighted by molar-refractivity contribution is 6.17. The second-order valence-electron chi connectivity index (χ2n) is 6.88. The smallest absolute Gasteiger partial charge is 0.263 e. The summed E-state index contributed by atoms with van der Waals surface area (Å²) >= 11 is 0. The normalized spacial score (nSPS) is 10.8. The molecular formula is C26H23NO. The maximum absolute atomic E-state index is 13.8. The van der Waals surface area contributed by atoms with Gasteiger partial charge in [-0.3, -0.25) is 9.69 Å². The van der Waals surface area contributed by atoms with Gasteiger partial charge in [0.25, 0.3) is 5.91 Å². The third-order valence-corrected chi connectivity index (χ3v) is 5.00. The summed E-state index contributed by atoms with van der Waals surface area (Å²) in [7, 11) is 0. The zero-order valence-corrected chi connectivity index (χ0v) is 16.0. The lowest BCUT2D eigenvalue weighted by molar-refractivity contribution is 0.100. The Morgan fingerprint density at radius 3 is 1.79 bits per heavy atom. The first-order valence-electron chi connectivity index (χ1n) is 9.75. The Morgan fingerprint density at radius 1 is 0.679 bits per heavy atom. The van der Waals surface area contributed by atoms with Crippen LogP contribution in [0.1, 0.15) is 29.3 Å². The van der Waals surface area contributed by atoms with Gasteiger partial charge >= 0.3 is 0 Å². The fraction of sp³-hybridized carbons (Fsp3) is 0.115. The average Bonchev–Trinajstić information content (AvgIpc) is 2.76. The summed E-state index contributed by atoms with van der Waals surface area (Å²) in [6.07, 6.45) is 2.09. The van der Waals surface area contributed by atoms with Crippen molar-refractivity contribution in [3.8, 4) is 0 Å². The van der Waals surface area contributed by atoms with E-state index in [-0.39, 0.29) is 5.91 Å². The fourth-order valence-corrected chi connectivity index (χ4v) is 3.69. The summed E-state index contributed by atoms with van der Waals surface area (Å²) in [6, 6.07) is 32.0. The maximum Gasteiger partial charge on any atom is 0.263 e.